The fraction of sp³-hybridized carbons (Fsp3) is 0.167. The number of carbonyl (C=O) groups excluding carboxylic acids is 1. The number of ether oxygens (including phenoxy) is 1. The molecule has 0 saturated carbocycles. The van der Waals surface area contributed by atoms with Crippen molar-refractivity contribution in [3.8, 4) is 5.75 Å². The predicted octanol–water partition coefficient (Wildman–Crippen LogP) is 3.59. The fourth-order valence-corrected chi connectivity index (χ4v) is 3.75. The summed E-state index contributed by atoms with van der Waals surface area (Å²) in [7, 11) is 3.57. The third kappa shape index (κ3) is 6.01. The van der Waals surface area contributed by atoms with Gasteiger partial charge in [-0.15, -0.1) is 13.2 Å². The van der Waals surface area contributed by atoms with Gasteiger partial charge >= 0.3 is 6.36 Å². The Labute approximate surface area is 224 Å². The minimum Gasteiger partial charge on any atom is -0.406 e. The van der Waals surface area contributed by atoms with Crippen LogP contribution in [-0.4, -0.2) is 53.6 Å². The number of amides is 1. The van der Waals surface area contributed by atoms with Crippen molar-refractivity contribution < 1.29 is 22.7 Å². The molecule has 0 aliphatic heterocycles. The summed E-state index contributed by atoms with van der Waals surface area (Å²) < 4.78 is 44.3. The minimum absolute atomic E-state index is 0.0469. The van der Waals surface area contributed by atoms with E-state index in [4.69, 9.17) is 5.73 Å². The van der Waals surface area contributed by atoms with Crippen LogP contribution in [0.2, 0.25) is 0 Å². The number of benzene rings is 1. The molecule has 1 amide bonds. The zero-order valence-electron chi connectivity index (χ0n) is 21.1. The third-order valence-electron chi connectivity index (χ3n) is 5.61. The summed E-state index contributed by atoms with van der Waals surface area (Å²) in [6, 6.07) is 10.5. The molecule has 5 aromatic rings. The Bertz CT molecular complexity index is 1670. The molecule has 16 heteroatoms. The summed E-state index contributed by atoms with van der Waals surface area (Å²) in [5, 5.41) is 10.3. The third-order valence-corrected chi connectivity index (χ3v) is 5.61. The summed E-state index contributed by atoms with van der Waals surface area (Å²) >= 11 is 0. The van der Waals surface area contributed by atoms with Gasteiger partial charge in [0.05, 0.1) is 11.9 Å². The first kappa shape index (κ1) is 26.2. The van der Waals surface area contributed by atoms with Crippen LogP contribution < -0.4 is 26.0 Å². The van der Waals surface area contributed by atoms with Crippen LogP contribution in [0.4, 0.5) is 48.1 Å². The Hall–Kier alpha value is -5.41. The highest BCUT2D eigenvalue weighted by molar-refractivity contribution is 5.80. The molecule has 0 radical (unpaired) electrons. The second-order valence-electron chi connectivity index (χ2n) is 8.52. The van der Waals surface area contributed by atoms with Crippen LogP contribution in [-0.2, 0) is 18.4 Å². The van der Waals surface area contributed by atoms with Crippen molar-refractivity contribution in [3.63, 3.8) is 0 Å². The van der Waals surface area contributed by atoms with Crippen molar-refractivity contribution in [2.75, 3.05) is 22.6 Å². The lowest BCUT2D eigenvalue weighted by Crippen LogP contribution is -2.19. The number of primary amides is 1. The first-order valence-electron chi connectivity index (χ1n) is 11.6. The van der Waals surface area contributed by atoms with Crippen molar-refractivity contribution in [2.24, 2.45) is 12.8 Å². The number of fused-ring (bicyclic) bond motifs is 1. The second-order valence-corrected chi connectivity index (χ2v) is 8.52. The van der Waals surface area contributed by atoms with E-state index in [9.17, 15) is 18.0 Å². The maximum atomic E-state index is 12.4. The number of anilines is 6. The molecule has 0 aliphatic rings. The molecule has 1 aromatic carbocycles. The quantitative estimate of drug-likeness (QED) is 0.247. The average molecular weight is 554 g/mol. The first-order chi connectivity index (χ1) is 19.0. The van der Waals surface area contributed by atoms with Crippen LogP contribution in [0.5, 0.6) is 5.75 Å². The standard InChI is InChI=1S/C24H22F3N11O2/c1-36(20-7-9-29-22(34-20)33-19-8-10-38(35-19)13-18(28)39)15-11-17-21(30-12-15)37(2)23(32-17)31-14-3-5-16(6-4-14)40-24(25,26)27/h3-12H,13H2,1-2H3,(H2,28,39)(H,31,32)(H,29,33,34,35). The highest BCUT2D eigenvalue weighted by atomic mass is 19.4. The monoisotopic (exact) mass is 553 g/mol. The Morgan fingerprint density at radius 1 is 1.10 bits per heavy atom. The van der Waals surface area contributed by atoms with Crippen LogP contribution in [0.25, 0.3) is 11.2 Å². The molecule has 0 bridgehead atoms. The largest absolute Gasteiger partial charge is 0.573 e. The number of imidazole rings is 1. The minimum atomic E-state index is -4.76. The number of pyridine rings is 1. The van der Waals surface area contributed by atoms with E-state index in [2.05, 4.69) is 40.4 Å². The molecule has 0 atom stereocenters. The van der Waals surface area contributed by atoms with Crippen molar-refractivity contribution in [2.45, 2.75) is 12.9 Å². The molecule has 4 N–H and O–H groups in total. The van der Waals surface area contributed by atoms with Crippen LogP contribution in [0.1, 0.15) is 0 Å². The number of alkyl halides is 3. The van der Waals surface area contributed by atoms with Gasteiger partial charge in [-0.05, 0) is 36.4 Å². The Morgan fingerprint density at radius 3 is 2.60 bits per heavy atom. The van der Waals surface area contributed by atoms with Gasteiger partial charge in [0, 0.05) is 38.2 Å². The molecule has 40 heavy (non-hydrogen) atoms. The Kier molecular flexibility index (Phi) is 6.81. The van der Waals surface area contributed by atoms with E-state index in [1.165, 1.54) is 28.9 Å². The summed E-state index contributed by atoms with van der Waals surface area (Å²) in [5.74, 6) is 0.906. The molecule has 0 saturated heterocycles. The normalized spacial score (nSPS) is 11.4. The zero-order valence-corrected chi connectivity index (χ0v) is 21.1. The van der Waals surface area contributed by atoms with Gasteiger partial charge in [0.15, 0.2) is 11.5 Å². The number of hydrogen-bond donors (Lipinski definition) is 3. The van der Waals surface area contributed by atoms with Gasteiger partial charge in [-0.1, -0.05) is 0 Å². The maximum Gasteiger partial charge on any atom is 0.573 e. The Morgan fingerprint density at radius 2 is 1.88 bits per heavy atom. The van der Waals surface area contributed by atoms with Crippen molar-refractivity contribution in [1.82, 2.24) is 34.3 Å². The number of halogens is 3. The summed E-state index contributed by atoms with van der Waals surface area (Å²) in [5.41, 5.74) is 7.58. The lowest BCUT2D eigenvalue weighted by Gasteiger charge is -2.18. The van der Waals surface area contributed by atoms with Gasteiger partial charge in [-0.25, -0.2) is 15.0 Å². The summed E-state index contributed by atoms with van der Waals surface area (Å²) in [4.78, 5) is 30.7. The average Bonchev–Trinajstić information content (AvgIpc) is 3.46. The van der Waals surface area contributed by atoms with E-state index in [0.29, 0.717) is 46.1 Å². The number of nitrogens with zero attached hydrogens (tertiary/aromatic N) is 8. The molecule has 13 nitrogen and oxygen atoms in total. The van der Waals surface area contributed by atoms with E-state index >= 15 is 0 Å². The van der Waals surface area contributed by atoms with Crippen LogP contribution in [0, 0.1) is 0 Å². The van der Waals surface area contributed by atoms with Gasteiger partial charge in [0.25, 0.3) is 0 Å². The number of rotatable bonds is 9. The SMILES string of the molecule is CN(c1cnc2c(c1)nc(Nc1ccc(OC(F)(F)F)cc1)n2C)c1ccnc(Nc2ccn(CC(N)=O)n2)n1. The molecule has 0 fully saturated rings. The predicted molar refractivity (Wildman–Crippen MR) is 140 cm³/mol. The van der Waals surface area contributed by atoms with Crippen molar-refractivity contribution in [1.29, 1.82) is 0 Å². The lowest BCUT2D eigenvalue weighted by molar-refractivity contribution is -0.274. The second kappa shape index (κ2) is 10.4. The van der Waals surface area contributed by atoms with E-state index in [-0.39, 0.29) is 12.3 Å². The van der Waals surface area contributed by atoms with Gasteiger partial charge in [-0.2, -0.15) is 10.1 Å². The maximum absolute atomic E-state index is 12.4. The summed E-state index contributed by atoms with van der Waals surface area (Å²) in [6.45, 7) is -0.0469. The lowest BCUT2D eigenvalue weighted by atomic mass is 10.3. The van der Waals surface area contributed by atoms with Crippen molar-refractivity contribution in [3.05, 3.63) is 61.1 Å². The molecule has 206 valence electrons. The van der Waals surface area contributed by atoms with E-state index < -0.39 is 12.3 Å². The van der Waals surface area contributed by atoms with Crippen LogP contribution in [0.3, 0.4) is 0 Å². The van der Waals surface area contributed by atoms with Crippen LogP contribution in [0.15, 0.2) is 61.1 Å². The van der Waals surface area contributed by atoms with Gasteiger partial charge in [0.1, 0.15) is 23.6 Å². The van der Waals surface area contributed by atoms with E-state index in [0.717, 1.165) is 0 Å². The van der Waals surface area contributed by atoms with E-state index in [1.54, 1.807) is 47.2 Å². The molecule has 5 rings (SSSR count). The highest BCUT2D eigenvalue weighted by Gasteiger charge is 2.31. The molecule has 4 heterocycles. The van der Waals surface area contributed by atoms with Crippen LogP contribution >= 0.6 is 0 Å². The van der Waals surface area contributed by atoms with Gasteiger partial charge in [-0.3, -0.25) is 14.0 Å². The van der Waals surface area contributed by atoms with Gasteiger partial charge in [0.2, 0.25) is 17.8 Å². The number of aryl methyl sites for hydroxylation is 1. The molecule has 0 spiro atoms. The molecule has 0 unspecified atom stereocenters. The molecule has 4 aromatic heterocycles. The topological polar surface area (TPSA) is 154 Å². The molecular formula is C24H22F3N11O2. The zero-order chi connectivity index (χ0) is 28.4. The first-order valence-corrected chi connectivity index (χ1v) is 11.6. The fourth-order valence-electron chi connectivity index (χ4n) is 3.75. The number of carbonyl (C=O) groups is 1. The smallest absolute Gasteiger partial charge is 0.406 e. The van der Waals surface area contributed by atoms with E-state index in [1.807, 2.05) is 13.1 Å². The van der Waals surface area contributed by atoms with Gasteiger partial charge < -0.3 is 26.0 Å². The highest BCUT2D eigenvalue weighted by Crippen LogP contribution is 2.28. The molecular weight excluding hydrogens is 531 g/mol. The number of aromatic nitrogens is 7. The number of nitrogens with one attached hydrogen (secondary N) is 2. The molecule has 0 aliphatic carbocycles. The Balaban J connectivity index is 1.32. The number of nitrogens with two attached hydrogens (primary N) is 1. The summed E-state index contributed by atoms with van der Waals surface area (Å²) in [6.07, 6.45) is 0.0976. The number of hydrogen-bond acceptors (Lipinski definition) is 10. The van der Waals surface area contributed by atoms with Crippen molar-refractivity contribution >= 4 is 52.0 Å².